The van der Waals surface area contributed by atoms with Crippen LogP contribution in [0.15, 0.2) is 18.2 Å². The van der Waals surface area contributed by atoms with Crippen LogP contribution < -0.4 is 15.8 Å². The molecule has 2 aromatic rings. The summed E-state index contributed by atoms with van der Waals surface area (Å²) >= 11 is 0. The summed E-state index contributed by atoms with van der Waals surface area (Å²) in [6.45, 7) is 3.92. The Bertz CT molecular complexity index is 924. The fraction of sp³-hybridized carbons (Fsp3) is 0.455. The van der Waals surface area contributed by atoms with Crippen LogP contribution in [0.1, 0.15) is 55.0 Å². The number of benzene rings is 1. The first kappa shape index (κ1) is 22.9. The van der Waals surface area contributed by atoms with Crippen molar-refractivity contribution in [2.24, 2.45) is 0 Å². The van der Waals surface area contributed by atoms with Gasteiger partial charge in [-0.15, -0.1) is 0 Å². The zero-order valence-electron chi connectivity index (χ0n) is 17.7. The van der Waals surface area contributed by atoms with E-state index in [-0.39, 0.29) is 18.4 Å². The maximum atomic E-state index is 11.3. The van der Waals surface area contributed by atoms with Crippen LogP contribution >= 0.6 is 0 Å². The number of carboxylic acids is 1. The molecule has 30 heavy (non-hydrogen) atoms. The van der Waals surface area contributed by atoms with Gasteiger partial charge < -0.3 is 20.9 Å². The molecule has 1 heterocycles. The van der Waals surface area contributed by atoms with E-state index in [2.05, 4.69) is 28.3 Å². The largest absolute Gasteiger partial charge is 0.496 e. The number of carbonyl (C=O) groups is 1. The van der Waals surface area contributed by atoms with E-state index in [0.717, 1.165) is 29.5 Å². The third kappa shape index (κ3) is 6.34. The topological polar surface area (TPSA) is 134 Å². The minimum Gasteiger partial charge on any atom is -0.496 e. The minimum absolute atomic E-state index is 0.0105. The van der Waals surface area contributed by atoms with Crippen LogP contribution in [-0.4, -0.2) is 34.2 Å². The van der Waals surface area contributed by atoms with Crippen LogP contribution in [0.3, 0.4) is 0 Å². The van der Waals surface area contributed by atoms with E-state index >= 15 is 0 Å². The highest BCUT2D eigenvalue weighted by molar-refractivity contribution is 5.68. The fourth-order valence-electron chi connectivity index (χ4n) is 3.39. The van der Waals surface area contributed by atoms with Crippen LogP contribution in [0.2, 0.25) is 0 Å². The Morgan fingerprint density at radius 1 is 1.40 bits per heavy atom. The smallest absolute Gasteiger partial charge is 0.305 e. The number of nitrogens with zero attached hydrogens (tertiary/aromatic N) is 3. The van der Waals surface area contributed by atoms with Gasteiger partial charge in [-0.2, -0.15) is 10.2 Å². The molecule has 0 aliphatic rings. The molecule has 4 N–H and O–H groups in total. The summed E-state index contributed by atoms with van der Waals surface area (Å²) in [4.78, 5) is 20.0. The van der Waals surface area contributed by atoms with Crippen molar-refractivity contribution in [3.8, 4) is 11.8 Å². The molecule has 0 aliphatic carbocycles. The number of aromatic nitrogens is 2. The van der Waals surface area contributed by atoms with Crippen LogP contribution in [0.25, 0.3) is 0 Å². The number of anilines is 2. The number of hydrogen-bond donors (Lipinski definition) is 3. The van der Waals surface area contributed by atoms with Crippen LogP contribution in [0.4, 0.5) is 11.8 Å². The SMILES string of the molecule is CCCC[C@@H](CC(=O)O)Nc1nc(N)nc(C)c1Cc1cc(CC#N)ccc1OC. The molecular formula is C22H29N5O3. The fourth-order valence-corrected chi connectivity index (χ4v) is 3.39. The van der Waals surface area contributed by atoms with Crippen LogP contribution in [0.5, 0.6) is 5.75 Å². The average Bonchev–Trinajstić information content (AvgIpc) is 2.68. The van der Waals surface area contributed by atoms with Crippen molar-refractivity contribution in [2.45, 2.75) is 58.4 Å². The van der Waals surface area contributed by atoms with E-state index in [1.54, 1.807) is 7.11 Å². The Kier molecular flexibility index (Phi) is 8.41. The van der Waals surface area contributed by atoms with E-state index < -0.39 is 5.97 Å². The van der Waals surface area contributed by atoms with Gasteiger partial charge in [0.2, 0.25) is 5.95 Å². The van der Waals surface area contributed by atoms with Gasteiger partial charge in [0.05, 0.1) is 26.0 Å². The van der Waals surface area contributed by atoms with Gasteiger partial charge in [0.1, 0.15) is 11.6 Å². The molecule has 0 saturated heterocycles. The number of ether oxygens (including phenoxy) is 1. The Labute approximate surface area is 177 Å². The third-order valence-electron chi connectivity index (χ3n) is 4.89. The molecule has 8 nitrogen and oxygen atoms in total. The summed E-state index contributed by atoms with van der Waals surface area (Å²) in [5.41, 5.74) is 9.20. The number of nitrogen functional groups attached to an aromatic ring is 1. The summed E-state index contributed by atoms with van der Waals surface area (Å²) in [6, 6.07) is 7.54. The molecule has 0 radical (unpaired) electrons. The van der Waals surface area contributed by atoms with Crippen molar-refractivity contribution < 1.29 is 14.6 Å². The van der Waals surface area contributed by atoms with Gasteiger partial charge in [0, 0.05) is 23.7 Å². The number of rotatable bonds is 11. The Morgan fingerprint density at radius 3 is 2.80 bits per heavy atom. The first-order valence-corrected chi connectivity index (χ1v) is 10.0. The Morgan fingerprint density at radius 2 is 2.17 bits per heavy atom. The van der Waals surface area contributed by atoms with Crippen LogP contribution in [-0.2, 0) is 17.6 Å². The highest BCUT2D eigenvalue weighted by atomic mass is 16.5. The van der Waals surface area contributed by atoms with Gasteiger partial charge in [-0.3, -0.25) is 4.79 Å². The molecule has 2 rings (SSSR count). The van der Waals surface area contributed by atoms with Crippen molar-refractivity contribution in [2.75, 3.05) is 18.2 Å². The lowest BCUT2D eigenvalue weighted by atomic mass is 9.99. The van der Waals surface area contributed by atoms with Gasteiger partial charge in [-0.25, -0.2) is 4.98 Å². The molecule has 0 aliphatic heterocycles. The highest BCUT2D eigenvalue weighted by Crippen LogP contribution is 2.28. The van der Waals surface area contributed by atoms with Crippen molar-refractivity contribution in [1.82, 2.24) is 9.97 Å². The molecule has 0 saturated carbocycles. The number of nitriles is 1. The molecule has 0 bridgehead atoms. The third-order valence-corrected chi connectivity index (χ3v) is 4.89. The molecular weight excluding hydrogens is 382 g/mol. The molecule has 1 atom stereocenters. The molecule has 0 unspecified atom stereocenters. The van der Waals surface area contributed by atoms with Crippen molar-refractivity contribution in [1.29, 1.82) is 5.26 Å². The minimum atomic E-state index is -0.866. The molecule has 0 amide bonds. The molecule has 0 spiro atoms. The number of aryl methyl sites for hydroxylation is 1. The Hall–Kier alpha value is -3.34. The van der Waals surface area contributed by atoms with E-state index in [1.807, 2.05) is 25.1 Å². The number of unbranched alkanes of at least 4 members (excludes halogenated alkanes) is 1. The lowest BCUT2D eigenvalue weighted by molar-refractivity contribution is -0.137. The standard InChI is InChI=1S/C22H29N5O3/c1-4-5-6-17(13-20(28)29)26-21-18(14(2)25-22(24)27-21)12-16-11-15(9-10-23)7-8-19(16)30-3/h7-8,11,17H,4-6,9,12-13H2,1-3H3,(H,28,29)(H3,24,25,26,27)/t17-/m0/s1. The maximum absolute atomic E-state index is 11.3. The summed E-state index contributed by atoms with van der Waals surface area (Å²) in [5.74, 6) is 0.505. The zero-order chi connectivity index (χ0) is 22.1. The quantitative estimate of drug-likeness (QED) is 0.511. The number of carboxylic acid groups (broad SMARTS) is 1. The Balaban J connectivity index is 2.42. The summed E-state index contributed by atoms with van der Waals surface area (Å²) in [5, 5.41) is 21.6. The molecule has 0 fully saturated rings. The maximum Gasteiger partial charge on any atom is 0.305 e. The molecule has 1 aromatic heterocycles. The van der Waals surface area contributed by atoms with Crippen molar-refractivity contribution >= 4 is 17.7 Å². The highest BCUT2D eigenvalue weighted by Gasteiger charge is 2.19. The number of nitrogens with two attached hydrogens (primary N) is 1. The van der Waals surface area contributed by atoms with Gasteiger partial charge >= 0.3 is 5.97 Å². The van der Waals surface area contributed by atoms with E-state index in [4.69, 9.17) is 15.7 Å². The second-order valence-corrected chi connectivity index (χ2v) is 7.23. The van der Waals surface area contributed by atoms with E-state index in [9.17, 15) is 9.90 Å². The average molecular weight is 412 g/mol. The number of methoxy groups -OCH3 is 1. The molecule has 8 heteroatoms. The number of hydrogen-bond acceptors (Lipinski definition) is 7. The van der Waals surface area contributed by atoms with Crippen molar-refractivity contribution in [3.05, 3.63) is 40.6 Å². The van der Waals surface area contributed by atoms with Gasteiger partial charge in [-0.1, -0.05) is 31.9 Å². The van der Waals surface area contributed by atoms with Crippen molar-refractivity contribution in [3.63, 3.8) is 0 Å². The van der Waals surface area contributed by atoms with E-state index in [0.29, 0.717) is 36.5 Å². The normalized spacial score (nSPS) is 11.5. The zero-order valence-corrected chi connectivity index (χ0v) is 17.7. The van der Waals surface area contributed by atoms with Gasteiger partial charge in [-0.05, 0) is 30.5 Å². The summed E-state index contributed by atoms with van der Waals surface area (Å²) in [7, 11) is 1.60. The summed E-state index contributed by atoms with van der Waals surface area (Å²) in [6.07, 6.45) is 3.35. The molecule has 160 valence electrons. The monoisotopic (exact) mass is 411 g/mol. The second-order valence-electron chi connectivity index (χ2n) is 7.23. The van der Waals surface area contributed by atoms with E-state index in [1.165, 1.54) is 0 Å². The predicted octanol–water partition coefficient (Wildman–Crippen LogP) is 3.48. The number of nitrogens with one attached hydrogen (secondary N) is 1. The predicted molar refractivity (Wildman–Crippen MR) is 115 cm³/mol. The lowest BCUT2D eigenvalue weighted by Crippen LogP contribution is -2.25. The lowest BCUT2D eigenvalue weighted by Gasteiger charge is -2.21. The van der Waals surface area contributed by atoms with Gasteiger partial charge in [0.25, 0.3) is 0 Å². The molecule has 1 aromatic carbocycles. The van der Waals surface area contributed by atoms with Crippen LogP contribution in [0, 0.1) is 18.3 Å². The van der Waals surface area contributed by atoms with Gasteiger partial charge in [0.15, 0.2) is 0 Å². The first-order chi connectivity index (χ1) is 14.4. The summed E-state index contributed by atoms with van der Waals surface area (Å²) < 4.78 is 5.49. The second kappa shape index (κ2) is 11.0. The first-order valence-electron chi connectivity index (χ1n) is 10.0. The number of aliphatic carboxylic acids is 1.